The van der Waals surface area contributed by atoms with Crippen LogP contribution in [-0.4, -0.2) is 11.3 Å². The molecule has 0 saturated heterocycles. The Morgan fingerprint density at radius 2 is 1.94 bits per heavy atom. The topological polar surface area (TPSA) is 30.0 Å². The highest BCUT2D eigenvalue weighted by molar-refractivity contribution is 5.81. The van der Waals surface area contributed by atoms with Crippen molar-refractivity contribution in [3.63, 3.8) is 0 Å². The van der Waals surface area contributed by atoms with Crippen molar-refractivity contribution >= 4 is 6.29 Å². The van der Waals surface area contributed by atoms with Crippen LogP contribution >= 0.6 is 0 Å². The molecule has 0 spiro atoms. The van der Waals surface area contributed by atoms with Gasteiger partial charge in [0.1, 0.15) is 6.29 Å². The summed E-state index contributed by atoms with van der Waals surface area (Å²) in [6.07, 6.45) is 2.34. The maximum atomic E-state index is 12.7. The molecule has 2 aromatic rings. The molecule has 86 valence electrons. The van der Waals surface area contributed by atoms with E-state index in [1.165, 1.54) is 12.3 Å². The SMILES string of the molecule is Cc1cc(-c2ccc(F)nc2)c(C)cc1C=O. The molecule has 2 nitrogen and oxygen atoms in total. The quantitative estimate of drug-likeness (QED) is 0.584. The molecule has 0 aliphatic rings. The van der Waals surface area contributed by atoms with Gasteiger partial charge in [-0.3, -0.25) is 4.79 Å². The van der Waals surface area contributed by atoms with E-state index in [4.69, 9.17) is 0 Å². The summed E-state index contributed by atoms with van der Waals surface area (Å²) < 4.78 is 12.7. The number of halogens is 1. The van der Waals surface area contributed by atoms with Crippen molar-refractivity contribution in [2.45, 2.75) is 13.8 Å². The third kappa shape index (κ3) is 2.23. The summed E-state index contributed by atoms with van der Waals surface area (Å²) in [6.45, 7) is 3.80. The predicted molar refractivity (Wildman–Crippen MR) is 64.5 cm³/mol. The third-order valence-electron chi connectivity index (χ3n) is 2.78. The Bertz CT molecular complexity index is 561. The normalized spacial score (nSPS) is 10.3. The lowest BCUT2D eigenvalue weighted by atomic mass is 9.96. The molecule has 0 aliphatic carbocycles. The zero-order valence-corrected chi connectivity index (χ0v) is 9.70. The van der Waals surface area contributed by atoms with Crippen LogP contribution in [0.5, 0.6) is 0 Å². The fourth-order valence-electron chi connectivity index (χ4n) is 1.81. The molecule has 0 bridgehead atoms. The molecule has 1 heterocycles. The first-order valence-corrected chi connectivity index (χ1v) is 5.30. The second kappa shape index (κ2) is 4.45. The van der Waals surface area contributed by atoms with Crippen molar-refractivity contribution in [1.29, 1.82) is 0 Å². The lowest BCUT2D eigenvalue weighted by Gasteiger charge is -2.09. The summed E-state index contributed by atoms with van der Waals surface area (Å²) in [7, 11) is 0. The van der Waals surface area contributed by atoms with Gasteiger partial charge in [-0.1, -0.05) is 6.07 Å². The van der Waals surface area contributed by atoms with Crippen LogP contribution in [0, 0.1) is 19.8 Å². The van der Waals surface area contributed by atoms with Gasteiger partial charge in [-0.05, 0) is 48.7 Å². The maximum Gasteiger partial charge on any atom is 0.212 e. The molecule has 2 rings (SSSR count). The Morgan fingerprint density at radius 1 is 1.18 bits per heavy atom. The van der Waals surface area contributed by atoms with Crippen molar-refractivity contribution in [3.8, 4) is 11.1 Å². The number of benzene rings is 1. The average Bonchev–Trinajstić information content (AvgIpc) is 2.33. The van der Waals surface area contributed by atoms with Gasteiger partial charge in [-0.15, -0.1) is 0 Å². The zero-order chi connectivity index (χ0) is 12.4. The van der Waals surface area contributed by atoms with E-state index in [-0.39, 0.29) is 0 Å². The summed E-state index contributed by atoms with van der Waals surface area (Å²) in [5.74, 6) is -0.493. The Hall–Kier alpha value is -2.03. The first-order chi connectivity index (χ1) is 8.11. The predicted octanol–water partition coefficient (Wildman–Crippen LogP) is 3.32. The Morgan fingerprint density at radius 3 is 2.53 bits per heavy atom. The lowest BCUT2D eigenvalue weighted by Crippen LogP contribution is -1.92. The molecular weight excluding hydrogens is 217 g/mol. The lowest BCUT2D eigenvalue weighted by molar-refractivity contribution is 0.112. The van der Waals surface area contributed by atoms with Crippen LogP contribution in [0.3, 0.4) is 0 Å². The average molecular weight is 229 g/mol. The van der Waals surface area contributed by atoms with Crippen LogP contribution < -0.4 is 0 Å². The van der Waals surface area contributed by atoms with Crippen LogP contribution in [-0.2, 0) is 0 Å². The van der Waals surface area contributed by atoms with E-state index < -0.39 is 5.95 Å². The van der Waals surface area contributed by atoms with E-state index in [1.54, 1.807) is 6.07 Å². The van der Waals surface area contributed by atoms with Crippen molar-refractivity contribution in [2.24, 2.45) is 0 Å². The highest BCUT2D eigenvalue weighted by Gasteiger charge is 2.06. The molecule has 0 N–H and O–H groups in total. The highest BCUT2D eigenvalue weighted by atomic mass is 19.1. The summed E-state index contributed by atoms with van der Waals surface area (Å²) in [6, 6.07) is 6.78. The molecule has 0 fully saturated rings. The van der Waals surface area contributed by atoms with E-state index in [1.807, 2.05) is 26.0 Å². The maximum absolute atomic E-state index is 12.7. The summed E-state index contributed by atoms with van der Waals surface area (Å²) in [4.78, 5) is 14.4. The molecule has 0 amide bonds. The number of hydrogen-bond acceptors (Lipinski definition) is 2. The van der Waals surface area contributed by atoms with Crippen LogP contribution in [0.15, 0.2) is 30.5 Å². The largest absolute Gasteiger partial charge is 0.298 e. The Kier molecular flexibility index (Phi) is 3.00. The van der Waals surface area contributed by atoms with Crippen LogP contribution in [0.1, 0.15) is 21.5 Å². The fourth-order valence-corrected chi connectivity index (χ4v) is 1.81. The van der Waals surface area contributed by atoms with Gasteiger partial charge in [-0.25, -0.2) is 4.98 Å². The van der Waals surface area contributed by atoms with E-state index in [2.05, 4.69) is 4.98 Å². The van der Waals surface area contributed by atoms with Crippen LogP contribution in [0.2, 0.25) is 0 Å². The number of nitrogens with zero attached hydrogens (tertiary/aromatic N) is 1. The molecule has 1 aromatic carbocycles. The van der Waals surface area contributed by atoms with E-state index in [0.29, 0.717) is 5.56 Å². The van der Waals surface area contributed by atoms with Crippen molar-refractivity contribution in [1.82, 2.24) is 4.98 Å². The van der Waals surface area contributed by atoms with Gasteiger partial charge in [0.2, 0.25) is 5.95 Å². The van der Waals surface area contributed by atoms with Gasteiger partial charge in [-0.2, -0.15) is 4.39 Å². The first kappa shape index (κ1) is 11.5. The smallest absolute Gasteiger partial charge is 0.212 e. The summed E-state index contributed by atoms with van der Waals surface area (Å²) >= 11 is 0. The monoisotopic (exact) mass is 229 g/mol. The second-order valence-corrected chi connectivity index (χ2v) is 4.01. The number of rotatable bonds is 2. The summed E-state index contributed by atoms with van der Waals surface area (Å²) in [5.41, 5.74) is 4.39. The van der Waals surface area contributed by atoms with Gasteiger partial charge in [0.05, 0.1) is 0 Å². The van der Waals surface area contributed by atoms with Gasteiger partial charge in [0.15, 0.2) is 0 Å². The Labute approximate surface area is 99.1 Å². The van der Waals surface area contributed by atoms with Gasteiger partial charge in [0.25, 0.3) is 0 Å². The minimum absolute atomic E-state index is 0.493. The molecule has 0 radical (unpaired) electrons. The number of carbonyl (C=O) groups is 1. The molecule has 3 heteroatoms. The fraction of sp³-hybridized carbons (Fsp3) is 0.143. The number of aromatic nitrogens is 1. The first-order valence-electron chi connectivity index (χ1n) is 5.30. The second-order valence-electron chi connectivity index (χ2n) is 4.01. The van der Waals surface area contributed by atoms with Crippen LogP contribution in [0.25, 0.3) is 11.1 Å². The third-order valence-corrected chi connectivity index (χ3v) is 2.78. The number of aryl methyl sites for hydroxylation is 2. The summed E-state index contributed by atoms with van der Waals surface area (Å²) in [5, 5.41) is 0. The molecular formula is C14H12FNO. The molecule has 0 aliphatic heterocycles. The van der Waals surface area contributed by atoms with Crippen molar-refractivity contribution in [3.05, 3.63) is 53.1 Å². The number of carbonyl (C=O) groups excluding carboxylic acids is 1. The number of pyridine rings is 1. The Balaban J connectivity index is 2.56. The van der Waals surface area contributed by atoms with E-state index in [0.717, 1.165) is 28.5 Å². The minimum atomic E-state index is -0.493. The zero-order valence-electron chi connectivity index (χ0n) is 9.70. The number of aldehydes is 1. The molecule has 0 atom stereocenters. The van der Waals surface area contributed by atoms with E-state index in [9.17, 15) is 9.18 Å². The van der Waals surface area contributed by atoms with Gasteiger partial charge >= 0.3 is 0 Å². The van der Waals surface area contributed by atoms with Gasteiger partial charge < -0.3 is 0 Å². The van der Waals surface area contributed by atoms with Crippen molar-refractivity contribution < 1.29 is 9.18 Å². The molecule has 0 saturated carbocycles. The van der Waals surface area contributed by atoms with Crippen molar-refractivity contribution in [2.75, 3.05) is 0 Å². The van der Waals surface area contributed by atoms with E-state index >= 15 is 0 Å². The van der Waals surface area contributed by atoms with Crippen LogP contribution in [0.4, 0.5) is 4.39 Å². The van der Waals surface area contributed by atoms with Gasteiger partial charge in [0, 0.05) is 17.3 Å². The molecule has 1 aromatic heterocycles. The molecule has 0 unspecified atom stereocenters. The number of hydrogen-bond donors (Lipinski definition) is 0. The standard InChI is InChI=1S/C14H12FNO/c1-9-6-13(10(2)5-12(9)8-17)11-3-4-14(15)16-7-11/h3-8H,1-2H3. The highest BCUT2D eigenvalue weighted by Crippen LogP contribution is 2.25. The molecule has 17 heavy (non-hydrogen) atoms. The minimum Gasteiger partial charge on any atom is -0.298 e.